The first-order chi connectivity index (χ1) is 13.9. The molecule has 2 aromatic carbocycles. The molecule has 0 saturated carbocycles. The molecule has 0 aliphatic heterocycles. The lowest BCUT2D eigenvalue weighted by atomic mass is 10.1. The maximum absolute atomic E-state index is 12.6. The van der Waals surface area contributed by atoms with Crippen LogP contribution in [0.1, 0.15) is 22.8 Å². The molecule has 7 nitrogen and oxygen atoms in total. The Bertz CT molecular complexity index is 921. The first-order valence-electron chi connectivity index (χ1n) is 8.60. The molecule has 0 radical (unpaired) electrons. The standard InChI is InChI=1S/C21H21BrO7/c1-5-28-20-15(22)11-14(12-18(20)26-3)21(24)29-16-8-6-13(10-17(16)25-2)7-9-19(23)27-4/h6-12H,5H2,1-4H3/b9-7+. The summed E-state index contributed by atoms with van der Waals surface area (Å²) in [6.45, 7) is 2.30. The van der Waals surface area contributed by atoms with Crippen molar-refractivity contribution in [2.24, 2.45) is 0 Å². The van der Waals surface area contributed by atoms with Crippen LogP contribution in [0.2, 0.25) is 0 Å². The van der Waals surface area contributed by atoms with Crippen molar-refractivity contribution in [3.05, 3.63) is 52.0 Å². The quantitative estimate of drug-likeness (QED) is 0.327. The van der Waals surface area contributed by atoms with Gasteiger partial charge in [-0.25, -0.2) is 9.59 Å². The van der Waals surface area contributed by atoms with Crippen LogP contribution in [0.5, 0.6) is 23.0 Å². The summed E-state index contributed by atoms with van der Waals surface area (Å²) in [5, 5.41) is 0. The number of benzene rings is 2. The second-order valence-corrected chi connectivity index (χ2v) is 6.43. The van der Waals surface area contributed by atoms with Crippen LogP contribution in [-0.2, 0) is 9.53 Å². The lowest BCUT2D eigenvalue weighted by molar-refractivity contribution is -0.134. The van der Waals surface area contributed by atoms with Crippen LogP contribution < -0.4 is 18.9 Å². The molecule has 29 heavy (non-hydrogen) atoms. The Hall–Kier alpha value is -3.00. The van der Waals surface area contributed by atoms with Gasteiger partial charge >= 0.3 is 11.9 Å². The zero-order valence-electron chi connectivity index (χ0n) is 16.5. The summed E-state index contributed by atoms with van der Waals surface area (Å²) in [5.74, 6) is 0.408. The minimum absolute atomic E-state index is 0.233. The molecule has 0 fully saturated rings. The van der Waals surface area contributed by atoms with Gasteiger partial charge in [0.1, 0.15) is 0 Å². The third-order valence-corrected chi connectivity index (χ3v) is 4.35. The van der Waals surface area contributed by atoms with Gasteiger partial charge < -0.3 is 23.7 Å². The first-order valence-corrected chi connectivity index (χ1v) is 9.39. The molecule has 154 valence electrons. The van der Waals surface area contributed by atoms with E-state index in [9.17, 15) is 9.59 Å². The molecule has 0 amide bonds. The smallest absolute Gasteiger partial charge is 0.343 e. The van der Waals surface area contributed by atoms with E-state index in [1.54, 1.807) is 30.3 Å². The van der Waals surface area contributed by atoms with E-state index in [-0.39, 0.29) is 11.3 Å². The fourth-order valence-corrected chi connectivity index (χ4v) is 2.94. The van der Waals surface area contributed by atoms with Gasteiger partial charge in [0.25, 0.3) is 0 Å². The van der Waals surface area contributed by atoms with Crippen molar-refractivity contribution in [1.29, 1.82) is 0 Å². The average molecular weight is 465 g/mol. The topological polar surface area (TPSA) is 80.3 Å². The third-order valence-electron chi connectivity index (χ3n) is 3.76. The summed E-state index contributed by atoms with van der Waals surface area (Å²) in [6.07, 6.45) is 2.85. The number of rotatable bonds is 8. The van der Waals surface area contributed by atoms with Crippen LogP contribution in [0.25, 0.3) is 6.08 Å². The van der Waals surface area contributed by atoms with Gasteiger partial charge in [-0.2, -0.15) is 0 Å². The Morgan fingerprint density at radius 3 is 2.34 bits per heavy atom. The van der Waals surface area contributed by atoms with E-state index in [1.807, 2.05) is 6.92 Å². The average Bonchev–Trinajstić information content (AvgIpc) is 2.73. The maximum Gasteiger partial charge on any atom is 0.343 e. The molecule has 2 rings (SSSR count). The van der Waals surface area contributed by atoms with E-state index in [0.717, 1.165) is 0 Å². The summed E-state index contributed by atoms with van der Waals surface area (Å²) >= 11 is 3.38. The number of hydrogen-bond acceptors (Lipinski definition) is 7. The van der Waals surface area contributed by atoms with E-state index in [4.69, 9.17) is 18.9 Å². The number of hydrogen-bond donors (Lipinski definition) is 0. The SMILES string of the molecule is CCOc1c(Br)cc(C(=O)Oc2ccc(/C=C/C(=O)OC)cc2OC)cc1OC. The molecule has 0 aliphatic rings. The monoisotopic (exact) mass is 464 g/mol. The Kier molecular flexibility index (Phi) is 8.09. The van der Waals surface area contributed by atoms with Gasteiger partial charge in [-0.15, -0.1) is 0 Å². The van der Waals surface area contributed by atoms with Gasteiger partial charge in [-0.1, -0.05) is 6.07 Å². The molecule has 0 unspecified atom stereocenters. The normalized spacial score (nSPS) is 10.5. The molecule has 8 heteroatoms. The van der Waals surface area contributed by atoms with Crippen LogP contribution in [0.15, 0.2) is 40.9 Å². The van der Waals surface area contributed by atoms with E-state index in [2.05, 4.69) is 20.7 Å². The zero-order chi connectivity index (χ0) is 21.4. The summed E-state index contributed by atoms with van der Waals surface area (Å²) in [7, 11) is 4.24. The molecule has 2 aromatic rings. The Balaban J connectivity index is 2.27. The van der Waals surface area contributed by atoms with E-state index in [0.29, 0.717) is 33.9 Å². The first kappa shape index (κ1) is 22.3. The van der Waals surface area contributed by atoms with Gasteiger partial charge in [0.05, 0.1) is 38.0 Å². The van der Waals surface area contributed by atoms with Crippen LogP contribution in [0.3, 0.4) is 0 Å². The third kappa shape index (κ3) is 5.74. The lowest BCUT2D eigenvalue weighted by Crippen LogP contribution is -2.10. The molecule has 0 bridgehead atoms. The summed E-state index contributed by atoms with van der Waals surface area (Å²) < 4.78 is 26.7. The van der Waals surface area contributed by atoms with Crippen LogP contribution in [0, 0.1) is 0 Å². The van der Waals surface area contributed by atoms with Gasteiger partial charge in [0.15, 0.2) is 23.0 Å². The van der Waals surface area contributed by atoms with Crippen LogP contribution >= 0.6 is 15.9 Å². The Morgan fingerprint density at radius 1 is 1.00 bits per heavy atom. The number of esters is 2. The number of carbonyl (C=O) groups excluding carboxylic acids is 2. The summed E-state index contributed by atoms with van der Waals surface area (Å²) in [5.41, 5.74) is 0.950. The van der Waals surface area contributed by atoms with Gasteiger partial charge in [-0.05, 0) is 58.8 Å². The molecule has 0 aliphatic carbocycles. The molecule has 0 atom stereocenters. The van der Waals surface area contributed by atoms with Crippen molar-refractivity contribution in [3.63, 3.8) is 0 Å². The molecular weight excluding hydrogens is 444 g/mol. The van der Waals surface area contributed by atoms with E-state index >= 15 is 0 Å². The zero-order valence-corrected chi connectivity index (χ0v) is 18.1. The predicted molar refractivity (Wildman–Crippen MR) is 111 cm³/mol. The van der Waals surface area contributed by atoms with Crippen molar-refractivity contribution in [1.82, 2.24) is 0 Å². The largest absolute Gasteiger partial charge is 0.493 e. The lowest BCUT2D eigenvalue weighted by Gasteiger charge is -2.14. The van der Waals surface area contributed by atoms with Crippen molar-refractivity contribution < 1.29 is 33.3 Å². The van der Waals surface area contributed by atoms with Gasteiger partial charge in [0.2, 0.25) is 0 Å². The second kappa shape index (κ2) is 10.5. The van der Waals surface area contributed by atoms with Crippen molar-refractivity contribution in [3.8, 4) is 23.0 Å². The summed E-state index contributed by atoms with van der Waals surface area (Å²) in [4.78, 5) is 23.9. The minimum Gasteiger partial charge on any atom is -0.493 e. The highest BCUT2D eigenvalue weighted by atomic mass is 79.9. The van der Waals surface area contributed by atoms with Crippen molar-refractivity contribution >= 4 is 33.9 Å². The van der Waals surface area contributed by atoms with Gasteiger partial charge in [0, 0.05) is 6.08 Å². The second-order valence-electron chi connectivity index (χ2n) is 5.58. The van der Waals surface area contributed by atoms with Crippen LogP contribution in [-0.4, -0.2) is 39.9 Å². The number of methoxy groups -OCH3 is 3. The highest BCUT2D eigenvalue weighted by Gasteiger charge is 2.18. The molecule has 0 spiro atoms. The molecule has 0 saturated heterocycles. The summed E-state index contributed by atoms with van der Waals surface area (Å²) in [6, 6.07) is 8.03. The molecule has 0 N–H and O–H groups in total. The Morgan fingerprint density at radius 2 is 1.72 bits per heavy atom. The molecule has 0 aromatic heterocycles. The number of halogens is 1. The van der Waals surface area contributed by atoms with Crippen LogP contribution in [0.4, 0.5) is 0 Å². The molecular formula is C21H21BrO7. The van der Waals surface area contributed by atoms with E-state index in [1.165, 1.54) is 33.5 Å². The highest BCUT2D eigenvalue weighted by Crippen LogP contribution is 2.37. The fourth-order valence-electron chi connectivity index (χ4n) is 2.39. The number of carbonyl (C=O) groups is 2. The molecule has 0 heterocycles. The van der Waals surface area contributed by atoms with Crippen molar-refractivity contribution in [2.45, 2.75) is 6.92 Å². The highest BCUT2D eigenvalue weighted by molar-refractivity contribution is 9.10. The van der Waals surface area contributed by atoms with Gasteiger partial charge in [-0.3, -0.25) is 0 Å². The Labute approximate surface area is 177 Å². The fraction of sp³-hybridized carbons (Fsp3) is 0.238. The maximum atomic E-state index is 12.6. The number of ether oxygens (including phenoxy) is 5. The predicted octanol–water partition coefficient (Wildman–Crippen LogP) is 4.27. The van der Waals surface area contributed by atoms with E-state index < -0.39 is 11.9 Å². The minimum atomic E-state index is -0.594. The van der Waals surface area contributed by atoms with Crippen molar-refractivity contribution in [2.75, 3.05) is 27.9 Å².